The Morgan fingerprint density at radius 3 is 2.42 bits per heavy atom. The van der Waals surface area contributed by atoms with Crippen LogP contribution in [0.5, 0.6) is 5.75 Å². The standard InChI is InChI=1S/C17H11F4NO4/c18-11-6-12(19)15(21)16(14(11)20)25-8-10-3-4-13(26-10)17(23)22-7-9-2-1-5-24-9/h1-6H,7-8H2,(H,22,23). The molecule has 3 aromatic rings. The minimum absolute atomic E-state index is 0.0246. The van der Waals surface area contributed by atoms with Crippen molar-refractivity contribution >= 4 is 5.91 Å². The van der Waals surface area contributed by atoms with Crippen molar-refractivity contribution < 1.29 is 35.9 Å². The predicted molar refractivity (Wildman–Crippen MR) is 79.2 cm³/mol. The monoisotopic (exact) mass is 369 g/mol. The van der Waals surface area contributed by atoms with Crippen molar-refractivity contribution in [3.63, 3.8) is 0 Å². The van der Waals surface area contributed by atoms with Crippen LogP contribution in [0.1, 0.15) is 22.1 Å². The third-order valence-corrected chi connectivity index (χ3v) is 3.32. The Balaban J connectivity index is 1.63. The van der Waals surface area contributed by atoms with Crippen molar-refractivity contribution in [3.05, 3.63) is 77.1 Å². The summed E-state index contributed by atoms with van der Waals surface area (Å²) in [4.78, 5) is 11.9. The third-order valence-electron chi connectivity index (χ3n) is 3.32. The number of furan rings is 2. The Kier molecular flexibility index (Phi) is 4.97. The zero-order valence-electron chi connectivity index (χ0n) is 13.0. The fraction of sp³-hybridized carbons (Fsp3) is 0.118. The predicted octanol–water partition coefficient (Wildman–Crippen LogP) is 3.94. The molecule has 26 heavy (non-hydrogen) atoms. The molecule has 2 aromatic heterocycles. The molecule has 0 fully saturated rings. The zero-order chi connectivity index (χ0) is 18.7. The Morgan fingerprint density at radius 1 is 1.04 bits per heavy atom. The molecule has 0 bridgehead atoms. The molecule has 0 radical (unpaired) electrons. The van der Waals surface area contributed by atoms with Gasteiger partial charge in [0.25, 0.3) is 5.91 Å². The highest BCUT2D eigenvalue weighted by molar-refractivity contribution is 5.91. The number of rotatable bonds is 6. The molecule has 9 heteroatoms. The van der Waals surface area contributed by atoms with E-state index >= 15 is 0 Å². The van der Waals surface area contributed by atoms with Gasteiger partial charge in [0.2, 0.25) is 11.6 Å². The zero-order valence-corrected chi connectivity index (χ0v) is 13.0. The van der Waals surface area contributed by atoms with E-state index in [1.54, 1.807) is 12.1 Å². The van der Waals surface area contributed by atoms with E-state index in [9.17, 15) is 22.4 Å². The molecule has 0 spiro atoms. The second kappa shape index (κ2) is 7.34. The lowest BCUT2D eigenvalue weighted by molar-refractivity contribution is 0.0915. The number of hydrogen-bond donors (Lipinski definition) is 1. The largest absolute Gasteiger partial charge is 0.479 e. The highest BCUT2D eigenvalue weighted by Gasteiger charge is 2.21. The van der Waals surface area contributed by atoms with Crippen LogP contribution in [0.2, 0.25) is 0 Å². The first-order valence-electron chi connectivity index (χ1n) is 7.30. The van der Waals surface area contributed by atoms with E-state index in [4.69, 9.17) is 13.6 Å². The maximum Gasteiger partial charge on any atom is 0.287 e. The van der Waals surface area contributed by atoms with E-state index in [0.29, 0.717) is 5.76 Å². The quantitative estimate of drug-likeness (QED) is 0.528. The molecule has 0 aliphatic carbocycles. The van der Waals surface area contributed by atoms with E-state index in [1.165, 1.54) is 18.4 Å². The van der Waals surface area contributed by atoms with Gasteiger partial charge in [-0.15, -0.1) is 0 Å². The summed E-state index contributed by atoms with van der Waals surface area (Å²) in [5.41, 5.74) is 0. The molecule has 0 atom stereocenters. The topological polar surface area (TPSA) is 64.6 Å². The molecule has 5 nitrogen and oxygen atoms in total. The molecule has 136 valence electrons. The lowest BCUT2D eigenvalue weighted by Gasteiger charge is -2.08. The molecule has 0 aliphatic heterocycles. The average Bonchev–Trinajstić information content (AvgIpc) is 3.30. The first-order chi connectivity index (χ1) is 12.5. The van der Waals surface area contributed by atoms with Crippen LogP contribution in [0.4, 0.5) is 17.6 Å². The maximum atomic E-state index is 13.5. The summed E-state index contributed by atoms with van der Waals surface area (Å²) < 4.78 is 68.2. The molecule has 0 aliphatic rings. The van der Waals surface area contributed by atoms with Gasteiger partial charge in [-0.2, -0.15) is 8.78 Å². The SMILES string of the molecule is O=C(NCc1ccco1)c1ccc(COc2c(F)c(F)cc(F)c2F)o1. The van der Waals surface area contributed by atoms with Crippen molar-refractivity contribution in [3.8, 4) is 5.75 Å². The van der Waals surface area contributed by atoms with Crippen molar-refractivity contribution in [2.24, 2.45) is 0 Å². The van der Waals surface area contributed by atoms with Crippen molar-refractivity contribution in [1.82, 2.24) is 5.32 Å². The summed E-state index contributed by atoms with van der Waals surface area (Å²) in [6, 6.07) is 6.05. The summed E-state index contributed by atoms with van der Waals surface area (Å²) in [5.74, 6) is -7.78. The van der Waals surface area contributed by atoms with Gasteiger partial charge in [0.15, 0.2) is 23.1 Å². The van der Waals surface area contributed by atoms with Crippen LogP contribution in [0.15, 0.2) is 45.4 Å². The number of carbonyl (C=O) groups is 1. The first kappa shape index (κ1) is 17.6. The second-order valence-electron chi connectivity index (χ2n) is 5.11. The van der Waals surface area contributed by atoms with Crippen LogP contribution in [0, 0.1) is 23.3 Å². The maximum absolute atomic E-state index is 13.5. The van der Waals surface area contributed by atoms with Gasteiger partial charge in [0.05, 0.1) is 12.8 Å². The molecule has 2 heterocycles. The van der Waals surface area contributed by atoms with Crippen molar-refractivity contribution in [1.29, 1.82) is 0 Å². The smallest absolute Gasteiger partial charge is 0.287 e. The van der Waals surface area contributed by atoms with Gasteiger partial charge >= 0.3 is 0 Å². The van der Waals surface area contributed by atoms with Crippen LogP contribution < -0.4 is 10.1 Å². The van der Waals surface area contributed by atoms with Crippen LogP contribution in [0.3, 0.4) is 0 Å². The number of ether oxygens (including phenoxy) is 1. The van der Waals surface area contributed by atoms with Gasteiger partial charge in [-0.05, 0) is 24.3 Å². The second-order valence-corrected chi connectivity index (χ2v) is 5.11. The summed E-state index contributed by atoms with van der Waals surface area (Å²) in [6.45, 7) is -0.403. The first-order valence-corrected chi connectivity index (χ1v) is 7.30. The number of amides is 1. The number of benzene rings is 1. The Bertz CT molecular complexity index is 895. The highest BCUT2D eigenvalue weighted by Crippen LogP contribution is 2.27. The summed E-state index contributed by atoms with van der Waals surface area (Å²) in [7, 11) is 0. The molecule has 3 rings (SSSR count). The van der Waals surface area contributed by atoms with Gasteiger partial charge in [0.1, 0.15) is 18.1 Å². The number of hydrogen-bond acceptors (Lipinski definition) is 4. The Labute approximate surface area is 144 Å². The number of nitrogens with one attached hydrogen (secondary N) is 1. The van der Waals surface area contributed by atoms with Gasteiger partial charge in [0, 0.05) is 6.07 Å². The summed E-state index contributed by atoms with van der Waals surface area (Å²) >= 11 is 0. The molecular weight excluding hydrogens is 358 g/mol. The molecule has 1 amide bonds. The highest BCUT2D eigenvalue weighted by atomic mass is 19.2. The third kappa shape index (κ3) is 3.71. The fourth-order valence-corrected chi connectivity index (χ4v) is 2.07. The van der Waals surface area contributed by atoms with Gasteiger partial charge < -0.3 is 18.9 Å². The van der Waals surface area contributed by atoms with E-state index in [-0.39, 0.29) is 24.1 Å². The fourth-order valence-electron chi connectivity index (χ4n) is 2.07. The summed E-state index contributed by atoms with van der Waals surface area (Å²) in [5, 5.41) is 2.54. The van der Waals surface area contributed by atoms with Gasteiger partial charge in [-0.1, -0.05) is 0 Å². The molecule has 0 saturated carbocycles. The van der Waals surface area contributed by atoms with E-state index in [1.807, 2.05) is 0 Å². The van der Waals surface area contributed by atoms with Gasteiger partial charge in [-0.3, -0.25) is 4.79 Å². The molecule has 0 unspecified atom stereocenters. The lowest BCUT2D eigenvalue weighted by atomic mass is 10.3. The molecule has 0 saturated heterocycles. The molecule has 1 aromatic carbocycles. The van der Waals surface area contributed by atoms with Gasteiger partial charge in [-0.25, -0.2) is 8.78 Å². The van der Waals surface area contributed by atoms with Crippen molar-refractivity contribution in [2.45, 2.75) is 13.2 Å². The number of carbonyl (C=O) groups excluding carboxylic acids is 1. The normalized spacial score (nSPS) is 10.8. The Hall–Kier alpha value is -3.23. The molecule has 1 N–H and O–H groups in total. The number of halogens is 4. The lowest BCUT2D eigenvalue weighted by Crippen LogP contribution is -2.21. The van der Waals surface area contributed by atoms with E-state index in [2.05, 4.69) is 5.32 Å². The summed E-state index contributed by atoms with van der Waals surface area (Å²) in [6.07, 6.45) is 1.46. The van der Waals surface area contributed by atoms with E-state index in [0.717, 1.165) is 0 Å². The van der Waals surface area contributed by atoms with Crippen molar-refractivity contribution in [2.75, 3.05) is 0 Å². The van der Waals surface area contributed by atoms with Crippen LogP contribution in [-0.2, 0) is 13.2 Å². The van der Waals surface area contributed by atoms with Crippen LogP contribution >= 0.6 is 0 Å². The van der Waals surface area contributed by atoms with Crippen LogP contribution in [0.25, 0.3) is 0 Å². The van der Waals surface area contributed by atoms with Crippen LogP contribution in [-0.4, -0.2) is 5.91 Å². The minimum atomic E-state index is -1.66. The molecular formula is C17H11F4NO4. The van der Waals surface area contributed by atoms with E-state index < -0.39 is 41.5 Å². The minimum Gasteiger partial charge on any atom is -0.479 e. The average molecular weight is 369 g/mol. The Morgan fingerprint density at radius 2 is 1.77 bits per heavy atom.